The Morgan fingerprint density at radius 2 is 2.12 bits per heavy atom. The van der Waals surface area contributed by atoms with Crippen LogP contribution >= 0.6 is 43.2 Å². The topological polar surface area (TPSA) is 45.4 Å². The van der Waals surface area contributed by atoms with E-state index >= 15 is 0 Å². The van der Waals surface area contributed by atoms with E-state index in [0.717, 1.165) is 56.5 Å². The lowest BCUT2D eigenvalue weighted by atomic mass is 9.96. The predicted octanol–water partition coefficient (Wildman–Crippen LogP) is 6.56. The summed E-state index contributed by atoms with van der Waals surface area (Å²) < 4.78 is 7.72. The molecule has 0 fully saturated rings. The molecule has 0 N–H and O–H groups in total. The van der Waals surface area contributed by atoms with Crippen LogP contribution in [-0.2, 0) is 12.8 Å². The first-order valence-corrected chi connectivity index (χ1v) is 10.7. The molecule has 0 radical (unpaired) electrons. The fourth-order valence-electron chi connectivity index (χ4n) is 2.92. The van der Waals surface area contributed by atoms with Gasteiger partial charge in [-0.25, -0.2) is 4.99 Å². The maximum Gasteiger partial charge on any atom is 0.142 e. The van der Waals surface area contributed by atoms with Gasteiger partial charge in [0.25, 0.3) is 0 Å². The molecule has 1 aliphatic carbocycles. The predicted molar refractivity (Wildman–Crippen MR) is 111 cm³/mol. The maximum atomic E-state index is 9.56. The molecular formula is C19H18Br2N2OS. The molecule has 2 aromatic rings. The maximum absolute atomic E-state index is 9.56. The Balaban J connectivity index is 1.97. The molecule has 1 heterocycles. The highest BCUT2D eigenvalue weighted by Gasteiger charge is 2.20. The summed E-state index contributed by atoms with van der Waals surface area (Å²) in [5, 5.41) is 10.4. The molecule has 25 heavy (non-hydrogen) atoms. The third kappa shape index (κ3) is 4.16. The van der Waals surface area contributed by atoms with Crippen LogP contribution in [0.25, 0.3) is 0 Å². The summed E-state index contributed by atoms with van der Waals surface area (Å²) in [7, 11) is 0. The molecule has 1 aromatic carbocycles. The average molecular weight is 482 g/mol. The summed E-state index contributed by atoms with van der Waals surface area (Å²) in [6.45, 7) is 2.73. The van der Waals surface area contributed by atoms with Gasteiger partial charge in [0.15, 0.2) is 0 Å². The number of thiophene rings is 1. The van der Waals surface area contributed by atoms with Gasteiger partial charge in [0.05, 0.1) is 16.6 Å². The van der Waals surface area contributed by atoms with Crippen LogP contribution in [0.2, 0.25) is 0 Å². The van der Waals surface area contributed by atoms with Crippen LogP contribution in [0.4, 0.5) is 5.00 Å². The van der Waals surface area contributed by atoms with Crippen LogP contribution in [-0.4, -0.2) is 12.8 Å². The zero-order valence-corrected chi connectivity index (χ0v) is 17.9. The first-order valence-electron chi connectivity index (χ1n) is 8.34. The molecular weight excluding hydrogens is 464 g/mol. The van der Waals surface area contributed by atoms with Crippen molar-refractivity contribution >= 4 is 54.4 Å². The van der Waals surface area contributed by atoms with Crippen LogP contribution in [0.1, 0.15) is 47.8 Å². The van der Waals surface area contributed by atoms with E-state index in [1.165, 1.54) is 16.9 Å². The standard InChI is InChI=1S/C19H18Br2N2OS/c1-2-7-24-18-12(8-13(20)9-16(18)21)11-23-19-15(10-22)14-5-3-4-6-17(14)25-19/h8-9,11H,2-7H2,1H3/b23-11+. The van der Waals surface area contributed by atoms with Gasteiger partial charge in [-0.1, -0.05) is 22.9 Å². The fourth-order valence-corrected chi connectivity index (χ4v) is 5.47. The number of hydrogen-bond acceptors (Lipinski definition) is 4. The van der Waals surface area contributed by atoms with Gasteiger partial charge in [-0.2, -0.15) is 5.26 Å². The van der Waals surface area contributed by atoms with Crippen LogP contribution in [0.3, 0.4) is 0 Å². The molecule has 0 saturated carbocycles. The molecule has 0 saturated heterocycles. The minimum absolute atomic E-state index is 0.651. The normalized spacial score (nSPS) is 13.7. The quantitative estimate of drug-likeness (QED) is 0.453. The summed E-state index contributed by atoms with van der Waals surface area (Å²) >= 11 is 8.73. The van der Waals surface area contributed by atoms with E-state index in [1.54, 1.807) is 17.6 Å². The molecule has 0 amide bonds. The van der Waals surface area contributed by atoms with Gasteiger partial charge in [0, 0.05) is 21.1 Å². The molecule has 0 unspecified atom stereocenters. The van der Waals surface area contributed by atoms with Gasteiger partial charge in [0.1, 0.15) is 16.8 Å². The van der Waals surface area contributed by atoms with Gasteiger partial charge >= 0.3 is 0 Å². The smallest absolute Gasteiger partial charge is 0.142 e. The molecule has 0 spiro atoms. The van der Waals surface area contributed by atoms with Gasteiger partial charge in [0.2, 0.25) is 0 Å². The second kappa shape index (κ2) is 8.48. The number of benzene rings is 1. The molecule has 1 aromatic heterocycles. The van der Waals surface area contributed by atoms with Crippen molar-refractivity contribution in [1.82, 2.24) is 0 Å². The van der Waals surface area contributed by atoms with Crippen LogP contribution in [0.15, 0.2) is 26.1 Å². The summed E-state index contributed by atoms with van der Waals surface area (Å²) in [4.78, 5) is 5.98. The van der Waals surface area contributed by atoms with Crippen LogP contribution in [0.5, 0.6) is 5.75 Å². The van der Waals surface area contributed by atoms with Crippen LogP contribution in [0, 0.1) is 11.3 Å². The van der Waals surface area contributed by atoms with Gasteiger partial charge in [-0.05, 0) is 65.7 Å². The summed E-state index contributed by atoms with van der Waals surface area (Å²) in [5.41, 5.74) is 2.86. The van der Waals surface area contributed by atoms with E-state index in [-0.39, 0.29) is 0 Å². The highest BCUT2D eigenvalue weighted by Crippen LogP contribution is 2.40. The minimum atomic E-state index is 0.651. The SMILES string of the molecule is CCCOc1c(Br)cc(Br)cc1/C=N/c1sc2c(c1C#N)CCCC2. The Morgan fingerprint density at radius 3 is 2.88 bits per heavy atom. The van der Waals surface area contributed by atoms with Crippen molar-refractivity contribution in [2.24, 2.45) is 4.99 Å². The third-order valence-corrected chi connectivity index (χ3v) is 6.32. The number of rotatable bonds is 5. The largest absolute Gasteiger partial charge is 0.492 e. The summed E-state index contributed by atoms with van der Waals surface area (Å²) in [6, 6.07) is 6.31. The number of aryl methyl sites for hydroxylation is 1. The number of fused-ring (bicyclic) bond motifs is 1. The zero-order chi connectivity index (χ0) is 17.8. The Kier molecular flexibility index (Phi) is 6.32. The number of halogens is 2. The minimum Gasteiger partial charge on any atom is -0.492 e. The Bertz CT molecular complexity index is 852. The van der Waals surface area contributed by atoms with Crippen molar-refractivity contribution in [3.8, 4) is 11.8 Å². The van der Waals surface area contributed by atoms with Crippen molar-refractivity contribution in [3.05, 3.63) is 42.6 Å². The molecule has 1 aliphatic rings. The second-order valence-electron chi connectivity index (χ2n) is 5.92. The van der Waals surface area contributed by atoms with Crippen molar-refractivity contribution in [3.63, 3.8) is 0 Å². The molecule has 3 rings (SSSR count). The van der Waals surface area contributed by atoms with Crippen molar-refractivity contribution in [1.29, 1.82) is 5.26 Å². The van der Waals surface area contributed by atoms with E-state index in [2.05, 4.69) is 49.8 Å². The number of aliphatic imine (C=N–C) groups is 1. The lowest BCUT2D eigenvalue weighted by molar-refractivity contribution is 0.315. The van der Waals surface area contributed by atoms with Crippen molar-refractivity contribution < 1.29 is 4.74 Å². The van der Waals surface area contributed by atoms with E-state index in [9.17, 15) is 5.26 Å². The lowest BCUT2D eigenvalue weighted by Crippen LogP contribution is -2.00. The lowest BCUT2D eigenvalue weighted by Gasteiger charge is -2.11. The summed E-state index contributed by atoms with van der Waals surface area (Å²) in [5.74, 6) is 0.786. The average Bonchev–Trinajstić information content (AvgIpc) is 2.96. The molecule has 0 bridgehead atoms. The van der Waals surface area contributed by atoms with Crippen molar-refractivity contribution in [2.45, 2.75) is 39.0 Å². The monoisotopic (exact) mass is 480 g/mol. The molecule has 0 aliphatic heterocycles. The van der Waals surface area contributed by atoms with E-state index in [0.29, 0.717) is 6.61 Å². The van der Waals surface area contributed by atoms with Gasteiger partial charge < -0.3 is 4.74 Å². The third-order valence-electron chi connectivity index (χ3n) is 4.07. The van der Waals surface area contributed by atoms with E-state index < -0.39 is 0 Å². The fraction of sp³-hybridized carbons (Fsp3) is 0.368. The van der Waals surface area contributed by atoms with Crippen molar-refractivity contribution in [2.75, 3.05) is 6.61 Å². The Hall–Kier alpha value is -1.16. The summed E-state index contributed by atoms with van der Waals surface area (Å²) in [6.07, 6.45) is 7.17. The first kappa shape index (κ1) is 18.6. The van der Waals surface area contributed by atoms with Crippen LogP contribution < -0.4 is 4.74 Å². The number of ether oxygens (including phenoxy) is 1. The van der Waals surface area contributed by atoms with Gasteiger partial charge in [-0.15, -0.1) is 11.3 Å². The first-order chi connectivity index (χ1) is 12.1. The Morgan fingerprint density at radius 1 is 1.32 bits per heavy atom. The molecule has 3 nitrogen and oxygen atoms in total. The molecule has 130 valence electrons. The number of nitriles is 1. The molecule has 0 atom stereocenters. The Labute approximate surface area is 169 Å². The van der Waals surface area contributed by atoms with E-state index in [4.69, 9.17) is 4.74 Å². The zero-order valence-electron chi connectivity index (χ0n) is 13.9. The highest BCUT2D eigenvalue weighted by atomic mass is 79.9. The number of nitrogens with zero attached hydrogens (tertiary/aromatic N) is 2. The van der Waals surface area contributed by atoms with Gasteiger partial charge in [-0.3, -0.25) is 0 Å². The number of hydrogen-bond donors (Lipinski definition) is 0. The second-order valence-corrected chi connectivity index (χ2v) is 8.77. The highest BCUT2D eigenvalue weighted by molar-refractivity contribution is 9.11. The molecule has 6 heteroatoms. The van der Waals surface area contributed by atoms with E-state index in [1.807, 2.05) is 12.1 Å².